The summed E-state index contributed by atoms with van der Waals surface area (Å²) in [5.74, 6) is -1.26. The molecule has 2 fully saturated rings. The Morgan fingerprint density at radius 2 is 1.97 bits per heavy atom. The third kappa shape index (κ3) is 5.36. The van der Waals surface area contributed by atoms with E-state index < -0.39 is 36.0 Å². The van der Waals surface area contributed by atoms with Crippen molar-refractivity contribution in [3.63, 3.8) is 0 Å². The quantitative estimate of drug-likeness (QED) is 0.597. The molecular weight excluding hydrogens is 465 g/mol. The van der Waals surface area contributed by atoms with Crippen LogP contribution in [0.4, 0.5) is 18.0 Å². The van der Waals surface area contributed by atoms with Gasteiger partial charge in [0, 0.05) is 19.1 Å². The molecule has 35 heavy (non-hydrogen) atoms. The van der Waals surface area contributed by atoms with Gasteiger partial charge in [-0.05, 0) is 68.5 Å². The Balaban J connectivity index is 1.58. The van der Waals surface area contributed by atoms with E-state index >= 15 is 8.78 Å². The number of hydrogen-bond donors (Lipinski definition) is 1. The number of halogens is 3. The highest BCUT2D eigenvalue weighted by Crippen LogP contribution is 2.37. The largest absolute Gasteiger partial charge is 0.494 e. The van der Waals surface area contributed by atoms with Crippen LogP contribution in [0.2, 0.25) is 0 Å². The van der Waals surface area contributed by atoms with E-state index in [0.29, 0.717) is 32.4 Å². The molecule has 0 radical (unpaired) electrons. The van der Waals surface area contributed by atoms with Crippen molar-refractivity contribution in [2.45, 2.75) is 63.8 Å². The molecule has 1 amide bonds. The minimum atomic E-state index is -1.01. The van der Waals surface area contributed by atoms with Crippen LogP contribution in [0.3, 0.4) is 0 Å². The number of nitrogens with zero attached hydrogens (tertiary/aromatic N) is 5. The highest BCUT2D eigenvalue weighted by atomic mass is 19.1. The molecule has 0 spiro atoms. The zero-order chi connectivity index (χ0) is 25.3. The van der Waals surface area contributed by atoms with Crippen LogP contribution in [0, 0.1) is 17.6 Å². The highest BCUT2D eigenvalue weighted by Gasteiger charge is 2.40. The van der Waals surface area contributed by atoms with Crippen molar-refractivity contribution in [1.29, 1.82) is 0 Å². The topological polar surface area (TPSA) is 94.4 Å². The summed E-state index contributed by atoms with van der Waals surface area (Å²) in [4.78, 5) is 13.8. The van der Waals surface area contributed by atoms with Gasteiger partial charge in [-0.1, -0.05) is 0 Å². The van der Waals surface area contributed by atoms with E-state index in [0.717, 1.165) is 6.07 Å². The minimum Gasteiger partial charge on any atom is -0.494 e. The second-order valence-corrected chi connectivity index (χ2v) is 10.1. The van der Waals surface area contributed by atoms with Crippen molar-refractivity contribution in [3.8, 4) is 5.75 Å². The zero-order valence-corrected chi connectivity index (χ0v) is 20.3. The Bertz CT molecular complexity index is 1050. The van der Waals surface area contributed by atoms with Crippen molar-refractivity contribution in [2.24, 2.45) is 5.92 Å². The van der Waals surface area contributed by atoms with Gasteiger partial charge in [0.1, 0.15) is 17.5 Å². The molecule has 0 bridgehead atoms. The third-order valence-corrected chi connectivity index (χ3v) is 6.39. The number of alkyl halides is 1. The first-order chi connectivity index (χ1) is 16.6. The fourth-order valence-corrected chi connectivity index (χ4v) is 4.49. The number of aromatic nitrogens is 4. The molecule has 1 N–H and O–H groups in total. The number of rotatable bonds is 8. The molecule has 2 aliphatic rings. The Kier molecular flexibility index (Phi) is 7.20. The number of tetrazole rings is 1. The number of hydrogen-bond acceptors (Lipinski definition) is 7. The molecule has 1 aromatic carbocycles. The number of ether oxygens (including phenoxy) is 2. The van der Waals surface area contributed by atoms with E-state index in [9.17, 15) is 9.18 Å². The maximum atomic E-state index is 15.3. The summed E-state index contributed by atoms with van der Waals surface area (Å²) in [5, 5.41) is 15.2. The number of methoxy groups -OCH3 is 1. The van der Waals surface area contributed by atoms with Crippen molar-refractivity contribution >= 4 is 6.09 Å². The molecule has 1 unspecified atom stereocenters. The first kappa shape index (κ1) is 25.2. The Morgan fingerprint density at radius 1 is 1.26 bits per heavy atom. The Hall–Kier alpha value is -2.89. The van der Waals surface area contributed by atoms with Crippen molar-refractivity contribution in [2.75, 3.05) is 26.9 Å². The molecule has 1 saturated carbocycles. The monoisotopic (exact) mass is 496 g/mol. The van der Waals surface area contributed by atoms with Crippen LogP contribution in [0.15, 0.2) is 12.1 Å². The van der Waals surface area contributed by atoms with Crippen LogP contribution >= 0.6 is 0 Å². The number of amides is 1. The molecule has 2 heterocycles. The van der Waals surface area contributed by atoms with Gasteiger partial charge in [-0.2, -0.15) is 0 Å². The van der Waals surface area contributed by atoms with Crippen molar-refractivity contribution < 1.29 is 27.4 Å². The maximum absolute atomic E-state index is 15.3. The molecule has 1 saturated heterocycles. The van der Waals surface area contributed by atoms with E-state index in [1.54, 1.807) is 20.8 Å². The summed E-state index contributed by atoms with van der Waals surface area (Å²) < 4.78 is 54.9. The van der Waals surface area contributed by atoms with Gasteiger partial charge in [0.05, 0.1) is 25.4 Å². The average Bonchev–Trinajstić information content (AvgIpc) is 3.17. The van der Waals surface area contributed by atoms with Gasteiger partial charge in [0.25, 0.3) is 0 Å². The molecule has 1 aromatic heterocycles. The summed E-state index contributed by atoms with van der Waals surface area (Å²) in [6, 6.07) is 0.993. The molecule has 9 nitrogen and oxygen atoms in total. The van der Waals surface area contributed by atoms with Gasteiger partial charge in [-0.15, -0.1) is 5.10 Å². The summed E-state index contributed by atoms with van der Waals surface area (Å²) in [6.45, 7) is 5.55. The van der Waals surface area contributed by atoms with Crippen LogP contribution in [-0.4, -0.2) is 69.7 Å². The Labute approximate surface area is 201 Å². The lowest BCUT2D eigenvalue weighted by Crippen LogP contribution is -2.53. The van der Waals surface area contributed by atoms with E-state index in [1.807, 2.05) is 0 Å². The molecule has 2 aromatic rings. The first-order valence-corrected chi connectivity index (χ1v) is 11.7. The second-order valence-electron chi connectivity index (χ2n) is 10.1. The van der Waals surface area contributed by atoms with E-state index in [4.69, 9.17) is 9.47 Å². The smallest absolute Gasteiger partial charge is 0.410 e. The zero-order valence-electron chi connectivity index (χ0n) is 20.3. The standard InChI is InChI=1S/C23H31F3N6O3/c1-23(2,3)35-22(33)31-11-15(12-31)32-21(28-29-30-32)20(27-14-9-13(10-14)7-8-24)18-16(25)5-6-17(34-4)19(18)26/h5-6,13-15,20,27H,7-12H2,1-4H3. The maximum Gasteiger partial charge on any atom is 0.410 e. The summed E-state index contributed by atoms with van der Waals surface area (Å²) in [5.41, 5.74) is -0.876. The van der Waals surface area contributed by atoms with Crippen LogP contribution in [0.5, 0.6) is 5.75 Å². The molecule has 1 atom stereocenters. The van der Waals surface area contributed by atoms with Crippen LogP contribution in [0.1, 0.15) is 63.5 Å². The van der Waals surface area contributed by atoms with Gasteiger partial charge in [-0.3, -0.25) is 4.39 Å². The van der Waals surface area contributed by atoms with E-state index in [-0.39, 0.29) is 35.1 Å². The normalized spacial score (nSPS) is 21.3. The fourth-order valence-electron chi connectivity index (χ4n) is 4.49. The molecule has 1 aliphatic carbocycles. The number of benzene rings is 1. The first-order valence-electron chi connectivity index (χ1n) is 11.7. The summed E-state index contributed by atoms with van der Waals surface area (Å²) >= 11 is 0. The van der Waals surface area contributed by atoms with Crippen molar-refractivity contribution in [3.05, 3.63) is 35.2 Å². The lowest BCUT2D eigenvalue weighted by Gasteiger charge is -2.41. The second kappa shape index (κ2) is 10.00. The molecule has 192 valence electrons. The number of carbonyl (C=O) groups excluding carboxylic acids is 1. The number of likely N-dealkylation sites (tertiary alicyclic amines) is 1. The predicted molar refractivity (Wildman–Crippen MR) is 120 cm³/mol. The van der Waals surface area contributed by atoms with Gasteiger partial charge in [0.15, 0.2) is 17.4 Å². The lowest BCUT2D eigenvalue weighted by atomic mass is 9.78. The summed E-state index contributed by atoms with van der Waals surface area (Å²) in [7, 11) is 1.31. The summed E-state index contributed by atoms with van der Waals surface area (Å²) in [6.07, 6.45) is 1.39. The van der Waals surface area contributed by atoms with Gasteiger partial charge in [-0.25, -0.2) is 18.3 Å². The van der Waals surface area contributed by atoms with Crippen molar-refractivity contribution in [1.82, 2.24) is 30.4 Å². The molecule has 4 rings (SSSR count). The number of nitrogens with one attached hydrogen (secondary N) is 1. The van der Waals surface area contributed by atoms with Gasteiger partial charge < -0.3 is 19.7 Å². The predicted octanol–water partition coefficient (Wildman–Crippen LogP) is 3.57. The van der Waals surface area contributed by atoms with Crippen LogP contribution < -0.4 is 10.1 Å². The van der Waals surface area contributed by atoms with E-state index in [1.165, 1.54) is 22.8 Å². The van der Waals surface area contributed by atoms with Gasteiger partial charge >= 0.3 is 6.09 Å². The third-order valence-electron chi connectivity index (χ3n) is 6.39. The van der Waals surface area contributed by atoms with Crippen LogP contribution in [0.25, 0.3) is 0 Å². The number of carbonyl (C=O) groups is 1. The SMILES string of the molecule is COc1ccc(F)c(C(NC2CC(CCF)C2)c2nnnn2C2CN(C(=O)OC(C)(C)C)C2)c1F. The highest BCUT2D eigenvalue weighted by molar-refractivity contribution is 5.69. The van der Waals surface area contributed by atoms with E-state index in [2.05, 4.69) is 20.8 Å². The Morgan fingerprint density at radius 3 is 2.60 bits per heavy atom. The van der Waals surface area contributed by atoms with Crippen LogP contribution in [-0.2, 0) is 4.74 Å². The molecule has 12 heteroatoms. The molecular formula is C23H31F3N6O3. The average molecular weight is 497 g/mol. The fraction of sp³-hybridized carbons (Fsp3) is 0.652. The van der Waals surface area contributed by atoms with Gasteiger partial charge in [0.2, 0.25) is 0 Å². The molecule has 1 aliphatic heterocycles. The minimum absolute atomic E-state index is 0.0775. The lowest BCUT2D eigenvalue weighted by molar-refractivity contribution is -0.00120.